The predicted octanol–water partition coefficient (Wildman–Crippen LogP) is 1.32. The van der Waals surface area contributed by atoms with Crippen LogP contribution in [0.25, 0.3) is 0 Å². The van der Waals surface area contributed by atoms with Crippen molar-refractivity contribution in [1.82, 2.24) is 20.9 Å². The van der Waals surface area contributed by atoms with E-state index in [4.69, 9.17) is 9.47 Å². The van der Waals surface area contributed by atoms with Crippen LogP contribution in [0.2, 0.25) is 0 Å². The van der Waals surface area contributed by atoms with Crippen molar-refractivity contribution in [3.8, 4) is 11.5 Å². The number of carbonyl (C=O) groups is 3. The van der Waals surface area contributed by atoms with E-state index in [1.807, 2.05) is 0 Å². The van der Waals surface area contributed by atoms with E-state index in [9.17, 15) is 24.4 Å². The topological polar surface area (TPSA) is 159 Å². The highest BCUT2D eigenvalue weighted by Gasteiger charge is 2.33. The van der Waals surface area contributed by atoms with Gasteiger partial charge in [0.05, 0.1) is 20.2 Å². The zero-order valence-corrected chi connectivity index (χ0v) is 24.1. The highest BCUT2D eigenvalue weighted by molar-refractivity contribution is 6.43. The smallest absolute Gasteiger partial charge is 0.475 e. The fourth-order valence-corrected chi connectivity index (χ4v) is 4.26. The number of ether oxygens (including phenoxy) is 2. The molecule has 12 heteroatoms. The summed E-state index contributed by atoms with van der Waals surface area (Å²) in [6.45, 7) is 3.51. The largest absolute Gasteiger partial charge is 0.497 e. The number of nitrogens with one attached hydrogen (secondary N) is 3. The standard InChI is InChI=1S/C30H37BN4O7/c1-19(2)27(30(38)34-26(31(39)40)18-21-7-11-24(42-4)12-8-21)35-29(37)25(17-20-5-9-23(41-3)10-6-20)33-28(36)22-13-15-32-16-14-22/h5-16,19,25-27,39-40H,17-18H2,1-4H3,(H,33,36)(H,34,38)(H,35,37)/t25-,26-,27-/m0/s1. The molecule has 0 unspecified atom stereocenters. The zero-order chi connectivity index (χ0) is 30.6. The minimum Gasteiger partial charge on any atom is -0.497 e. The first-order valence-corrected chi connectivity index (χ1v) is 13.5. The maximum absolute atomic E-state index is 13.6. The molecule has 0 aliphatic rings. The van der Waals surface area contributed by atoms with Crippen LogP contribution in [0.1, 0.15) is 35.3 Å². The molecule has 0 radical (unpaired) electrons. The van der Waals surface area contributed by atoms with Gasteiger partial charge in [-0.05, 0) is 59.9 Å². The molecule has 1 aromatic heterocycles. The number of carbonyl (C=O) groups excluding carboxylic acids is 3. The summed E-state index contributed by atoms with van der Waals surface area (Å²) in [5.74, 6) is -1.74. The van der Waals surface area contributed by atoms with Gasteiger partial charge in [0.1, 0.15) is 23.6 Å². The quantitative estimate of drug-likeness (QED) is 0.180. The third kappa shape index (κ3) is 9.32. The van der Waals surface area contributed by atoms with Crippen molar-refractivity contribution in [3.63, 3.8) is 0 Å². The van der Waals surface area contributed by atoms with Gasteiger partial charge in [0.15, 0.2) is 0 Å². The second-order valence-electron chi connectivity index (χ2n) is 10.1. The van der Waals surface area contributed by atoms with Gasteiger partial charge >= 0.3 is 7.12 Å². The van der Waals surface area contributed by atoms with E-state index in [1.165, 1.54) is 24.5 Å². The molecule has 2 aromatic carbocycles. The SMILES string of the molecule is COc1ccc(C[C@H](NC(=O)[C@@H](NC(=O)[C@H](Cc2ccc(OC)cc2)NC(=O)c2ccncc2)C(C)C)B(O)O)cc1. The third-order valence-electron chi connectivity index (χ3n) is 6.71. The molecule has 0 aliphatic heterocycles. The molecular formula is C30H37BN4O7. The Morgan fingerprint density at radius 1 is 0.762 bits per heavy atom. The van der Waals surface area contributed by atoms with Crippen molar-refractivity contribution in [1.29, 1.82) is 0 Å². The molecule has 0 saturated carbocycles. The number of aromatic nitrogens is 1. The lowest BCUT2D eigenvalue weighted by Gasteiger charge is -2.27. The molecule has 3 aromatic rings. The molecule has 222 valence electrons. The molecule has 0 aliphatic carbocycles. The summed E-state index contributed by atoms with van der Waals surface area (Å²) in [5, 5.41) is 28.2. The van der Waals surface area contributed by atoms with Gasteiger partial charge in [0, 0.05) is 24.4 Å². The first-order valence-electron chi connectivity index (χ1n) is 13.5. The van der Waals surface area contributed by atoms with Crippen molar-refractivity contribution in [2.45, 2.75) is 44.7 Å². The highest BCUT2D eigenvalue weighted by Crippen LogP contribution is 2.15. The lowest BCUT2D eigenvalue weighted by atomic mass is 9.75. The minimum absolute atomic E-state index is 0.133. The van der Waals surface area contributed by atoms with Crippen LogP contribution in [0, 0.1) is 5.92 Å². The van der Waals surface area contributed by atoms with E-state index in [0.29, 0.717) is 17.1 Å². The van der Waals surface area contributed by atoms with Gasteiger partial charge in [-0.15, -0.1) is 0 Å². The molecule has 1 heterocycles. The van der Waals surface area contributed by atoms with Crippen molar-refractivity contribution >= 4 is 24.8 Å². The molecule has 0 fully saturated rings. The number of amides is 3. The fraction of sp³-hybridized carbons (Fsp3) is 0.333. The van der Waals surface area contributed by atoms with Gasteiger partial charge in [0.25, 0.3) is 5.91 Å². The number of hydrogen-bond acceptors (Lipinski definition) is 8. The first kappa shape index (κ1) is 32.1. The number of hydrogen-bond donors (Lipinski definition) is 5. The van der Waals surface area contributed by atoms with Crippen LogP contribution in [-0.4, -0.2) is 72.1 Å². The van der Waals surface area contributed by atoms with E-state index < -0.39 is 42.9 Å². The summed E-state index contributed by atoms with van der Waals surface area (Å²) >= 11 is 0. The number of benzene rings is 2. The fourth-order valence-electron chi connectivity index (χ4n) is 4.26. The van der Waals surface area contributed by atoms with Gasteiger partial charge in [-0.1, -0.05) is 38.1 Å². The molecule has 42 heavy (non-hydrogen) atoms. The van der Waals surface area contributed by atoms with Gasteiger partial charge in [-0.25, -0.2) is 0 Å². The maximum atomic E-state index is 13.6. The second-order valence-corrected chi connectivity index (χ2v) is 10.1. The third-order valence-corrected chi connectivity index (χ3v) is 6.71. The number of nitrogens with zero attached hydrogens (tertiary/aromatic N) is 1. The molecule has 0 spiro atoms. The van der Waals surface area contributed by atoms with E-state index in [1.54, 1.807) is 76.6 Å². The number of methoxy groups -OCH3 is 2. The Bertz CT molecular complexity index is 1310. The van der Waals surface area contributed by atoms with Crippen LogP contribution >= 0.6 is 0 Å². The van der Waals surface area contributed by atoms with Gasteiger partial charge in [-0.3, -0.25) is 19.4 Å². The van der Waals surface area contributed by atoms with E-state index in [-0.39, 0.29) is 18.8 Å². The molecule has 11 nitrogen and oxygen atoms in total. The number of rotatable bonds is 14. The molecule has 3 amide bonds. The second kappa shape index (κ2) is 15.5. The van der Waals surface area contributed by atoms with Crippen LogP contribution in [0.15, 0.2) is 73.1 Å². The van der Waals surface area contributed by atoms with Gasteiger partial charge in [-0.2, -0.15) is 0 Å². The van der Waals surface area contributed by atoms with Crippen LogP contribution in [0.5, 0.6) is 11.5 Å². The molecule has 0 bridgehead atoms. The Morgan fingerprint density at radius 2 is 1.29 bits per heavy atom. The van der Waals surface area contributed by atoms with E-state index >= 15 is 0 Å². The summed E-state index contributed by atoms with van der Waals surface area (Å²) in [6, 6.07) is 15.1. The van der Waals surface area contributed by atoms with Gasteiger partial charge < -0.3 is 35.5 Å². The summed E-state index contributed by atoms with van der Waals surface area (Å²) in [6.07, 6.45) is 3.23. The molecule has 3 rings (SSSR count). The normalized spacial score (nSPS) is 12.9. The molecule has 3 atom stereocenters. The number of pyridine rings is 1. The summed E-state index contributed by atoms with van der Waals surface area (Å²) in [5.41, 5.74) is 1.84. The van der Waals surface area contributed by atoms with Gasteiger partial charge in [0.2, 0.25) is 11.8 Å². The average Bonchev–Trinajstić information content (AvgIpc) is 2.99. The molecule has 5 N–H and O–H groups in total. The van der Waals surface area contributed by atoms with Crippen molar-refractivity contribution in [3.05, 3.63) is 89.7 Å². The zero-order valence-electron chi connectivity index (χ0n) is 24.1. The Kier molecular flexibility index (Phi) is 11.9. The summed E-state index contributed by atoms with van der Waals surface area (Å²) < 4.78 is 10.4. The Hall–Kier alpha value is -4.42. The Labute approximate surface area is 245 Å². The summed E-state index contributed by atoms with van der Waals surface area (Å²) in [4.78, 5) is 43.8. The van der Waals surface area contributed by atoms with Crippen molar-refractivity contribution in [2.75, 3.05) is 14.2 Å². The van der Waals surface area contributed by atoms with E-state index in [2.05, 4.69) is 20.9 Å². The highest BCUT2D eigenvalue weighted by atomic mass is 16.5. The summed E-state index contributed by atoms with van der Waals surface area (Å²) in [7, 11) is 1.25. The van der Waals surface area contributed by atoms with Crippen molar-refractivity contribution in [2.24, 2.45) is 5.92 Å². The molecule has 0 saturated heterocycles. The lowest BCUT2D eigenvalue weighted by Crippen LogP contribution is -2.59. The Morgan fingerprint density at radius 3 is 1.76 bits per heavy atom. The predicted molar refractivity (Wildman–Crippen MR) is 158 cm³/mol. The average molecular weight is 576 g/mol. The Balaban J connectivity index is 1.77. The van der Waals surface area contributed by atoms with E-state index in [0.717, 1.165) is 11.1 Å². The van der Waals surface area contributed by atoms with Crippen molar-refractivity contribution < 1.29 is 33.9 Å². The van der Waals surface area contributed by atoms with Crippen LogP contribution in [0.3, 0.4) is 0 Å². The van der Waals surface area contributed by atoms with Crippen LogP contribution in [0.4, 0.5) is 0 Å². The van der Waals surface area contributed by atoms with Crippen LogP contribution in [-0.2, 0) is 22.4 Å². The lowest BCUT2D eigenvalue weighted by molar-refractivity contribution is -0.131. The molecular weight excluding hydrogens is 539 g/mol. The monoisotopic (exact) mass is 576 g/mol. The minimum atomic E-state index is -1.85. The first-order chi connectivity index (χ1) is 20.1. The van der Waals surface area contributed by atoms with Crippen LogP contribution < -0.4 is 25.4 Å². The maximum Gasteiger partial charge on any atom is 0.475 e.